The number of nitrogens with zero attached hydrogens (tertiary/aromatic N) is 1. The number of ether oxygens (including phenoxy) is 1. The molecule has 1 N–H and O–H groups in total. The fourth-order valence-electron chi connectivity index (χ4n) is 2.81. The van der Waals surface area contributed by atoms with Crippen LogP contribution in [-0.2, 0) is 4.74 Å². The van der Waals surface area contributed by atoms with E-state index in [1.807, 2.05) is 25.7 Å². The first-order chi connectivity index (χ1) is 9.87. The van der Waals surface area contributed by atoms with Crippen LogP contribution < -0.4 is 5.32 Å². The average Bonchev–Trinajstić information content (AvgIpc) is 2.42. The highest BCUT2D eigenvalue weighted by Gasteiger charge is 2.30. The number of piperidine rings is 1. The van der Waals surface area contributed by atoms with E-state index in [9.17, 15) is 4.79 Å². The number of likely N-dealkylation sites (tertiary alicyclic amines) is 1. The van der Waals surface area contributed by atoms with E-state index in [1.165, 1.54) is 19.3 Å². The molecular weight excluding hydrogens is 264 g/mol. The maximum absolute atomic E-state index is 12.3. The molecule has 0 radical (unpaired) electrons. The van der Waals surface area contributed by atoms with Crippen molar-refractivity contribution >= 4 is 6.09 Å². The molecule has 1 rings (SSSR count). The zero-order chi connectivity index (χ0) is 15.9. The molecule has 4 nitrogen and oxygen atoms in total. The number of nitrogens with one attached hydrogen (secondary N) is 1. The first-order valence-electron chi connectivity index (χ1n) is 8.57. The van der Waals surface area contributed by atoms with E-state index in [2.05, 4.69) is 19.2 Å². The number of hydrogen-bond acceptors (Lipinski definition) is 3. The molecule has 1 saturated heterocycles. The average molecular weight is 298 g/mol. The minimum Gasteiger partial charge on any atom is -0.444 e. The second kappa shape index (κ2) is 8.62. The van der Waals surface area contributed by atoms with Gasteiger partial charge in [-0.05, 0) is 52.5 Å². The highest BCUT2D eigenvalue weighted by atomic mass is 16.6. The van der Waals surface area contributed by atoms with Gasteiger partial charge in [-0.25, -0.2) is 4.79 Å². The van der Waals surface area contributed by atoms with Crippen LogP contribution in [0, 0.1) is 5.92 Å². The molecule has 21 heavy (non-hydrogen) atoms. The Balaban J connectivity index is 2.47. The van der Waals surface area contributed by atoms with Gasteiger partial charge in [0.15, 0.2) is 0 Å². The molecule has 1 unspecified atom stereocenters. The highest BCUT2D eigenvalue weighted by molar-refractivity contribution is 5.68. The number of hydrogen-bond donors (Lipinski definition) is 1. The standard InChI is InChI=1S/C17H34N2O2/c1-6-14(7-2)12-18-13-15-10-8-9-11-19(15)16(20)21-17(3,4)5/h14-15,18H,6-13H2,1-5H3. The van der Waals surface area contributed by atoms with Crippen LogP contribution in [0.5, 0.6) is 0 Å². The van der Waals surface area contributed by atoms with Crippen LogP contribution in [0.4, 0.5) is 4.79 Å². The van der Waals surface area contributed by atoms with Crippen molar-refractivity contribution in [2.45, 2.75) is 78.4 Å². The number of carbonyl (C=O) groups is 1. The lowest BCUT2D eigenvalue weighted by Crippen LogP contribution is -2.50. The number of amides is 1. The van der Waals surface area contributed by atoms with Gasteiger partial charge in [0, 0.05) is 19.1 Å². The third kappa shape index (κ3) is 6.68. The fraction of sp³-hybridized carbons (Fsp3) is 0.941. The summed E-state index contributed by atoms with van der Waals surface area (Å²) in [4.78, 5) is 14.2. The van der Waals surface area contributed by atoms with E-state index < -0.39 is 5.60 Å². The van der Waals surface area contributed by atoms with Crippen molar-refractivity contribution in [3.05, 3.63) is 0 Å². The normalized spacial score (nSPS) is 19.9. The lowest BCUT2D eigenvalue weighted by molar-refractivity contribution is 0.00988. The minimum absolute atomic E-state index is 0.156. The number of rotatable bonds is 6. The Morgan fingerprint density at radius 2 is 1.95 bits per heavy atom. The third-order valence-corrected chi connectivity index (χ3v) is 4.22. The van der Waals surface area contributed by atoms with Gasteiger partial charge in [-0.15, -0.1) is 0 Å². The van der Waals surface area contributed by atoms with Gasteiger partial charge < -0.3 is 15.0 Å². The van der Waals surface area contributed by atoms with Gasteiger partial charge in [0.05, 0.1) is 0 Å². The summed E-state index contributed by atoms with van der Waals surface area (Å²) in [6.45, 7) is 13.0. The molecule has 4 heteroatoms. The SMILES string of the molecule is CCC(CC)CNCC1CCCCN1C(=O)OC(C)(C)C. The summed E-state index contributed by atoms with van der Waals surface area (Å²) in [6.07, 6.45) is 5.64. The zero-order valence-corrected chi connectivity index (χ0v) is 14.6. The molecular formula is C17H34N2O2. The van der Waals surface area contributed by atoms with E-state index in [0.717, 1.165) is 38.4 Å². The van der Waals surface area contributed by atoms with Crippen LogP contribution in [0.3, 0.4) is 0 Å². The first kappa shape index (κ1) is 18.3. The fourth-order valence-corrected chi connectivity index (χ4v) is 2.81. The van der Waals surface area contributed by atoms with E-state index in [-0.39, 0.29) is 12.1 Å². The van der Waals surface area contributed by atoms with Crippen LogP contribution in [0.1, 0.15) is 66.7 Å². The highest BCUT2D eigenvalue weighted by Crippen LogP contribution is 2.20. The Bertz CT molecular complexity index is 308. The van der Waals surface area contributed by atoms with Crippen LogP contribution in [0.2, 0.25) is 0 Å². The second-order valence-electron chi connectivity index (χ2n) is 7.16. The molecule has 0 saturated carbocycles. The molecule has 1 atom stereocenters. The summed E-state index contributed by atoms with van der Waals surface area (Å²) in [5, 5.41) is 3.56. The van der Waals surface area contributed by atoms with Crippen molar-refractivity contribution < 1.29 is 9.53 Å². The van der Waals surface area contributed by atoms with Crippen molar-refractivity contribution in [2.24, 2.45) is 5.92 Å². The zero-order valence-electron chi connectivity index (χ0n) is 14.6. The molecule has 1 fully saturated rings. The van der Waals surface area contributed by atoms with Gasteiger partial charge in [-0.3, -0.25) is 0 Å². The van der Waals surface area contributed by atoms with Crippen molar-refractivity contribution in [1.29, 1.82) is 0 Å². The Kier molecular flexibility index (Phi) is 7.50. The first-order valence-corrected chi connectivity index (χ1v) is 8.57. The van der Waals surface area contributed by atoms with Crippen molar-refractivity contribution in [3.63, 3.8) is 0 Å². The molecule has 0 bridgehead atoms. The van der Waals surface area contributed by atoms with Gasteiger partial charge in [-0.2, -0.15) is 0 Å². The van der Waals surface area contributed by atoms with E-state index in [1.54, 1.807) is 0 Å². The predicted octanol–water partition coefficient (Wildman–Crippen LogP) is 3.80. The van der Waals surface area contributed by atoms with Crippen LogP contribution >= 0.6 is 0 Å². The lowest BCUT2D eigenvalue weighted by Gasteiger charge is -2.37. The molecule has 1 aliphatic heterocycles. The van der Waals surface area contributed by atoms with Gasteiger partial charge in [0.25, 0.3) is 0 Å². The Morgan fingerprint density at radius 3 is 2.52 bits per heavy atom. The summed E-state index contributed by atoms with van der Waals surface area (Å²) in [7, 11) is 0. The van der Waals surface area contributed by atoms with Crippen LogP contribution in [0.15, 0.2) is 0 Å². The molecule has 0 aromatic rings. The summed E-state index contributed by atoms with van der Waals surface area (Å²) < 4.78 is 5.54. The van der Waals surface area contributed by atoms with Crippen molar-refractivity contribution in [1.82, 2.24) is 10.2 Å². The Morgan fingerprint density at radius 1 is 1.29 bits per heavy atom. The van der Waals surface area contributed by atoms with Gasteiger partial charge in [-0.1, -0.05) is 26.7 Å². The monoisotopic (exact) mass is 298 g/mol. The maximum atomic E-state index is 12.3. The number of carbonyl (C=O) groups excluding carboxylic acids is 1. The molecule has 0 aromatic heterocycles. The summed E-state index contributed by atoms with van der Waals surface area (Å²) in [6, 6.07) is 0.281. The molecule has 1 amide bonds. The maximum Gasteiger partial charge on any atom is 0.410 e. The third-order valence-electron chi connectivity index (χ3n) is 4.22. The Hall–Kier alpha value is -0.770. The van der Waals surface area contributed by atoms with Crippen LogP contribution in [-0.4, -0.2) is 42.3 Å². The smallest absolute Gasteiger partial charge is 0.410 e. The van der Waals surface area contributed by atoms with Gasteiger partial charge in [0.1, 0.15) is 5.60 Å². The van der Waals surface area contributed by atoms with E-state index in [0.29, 0.717) is 0 Å². The van der Waals surface area contributed by atoms with E-state index >= 15 is 0 Å². The Labute approximate surface area is 130 Å². The molecule has 0 aliphatic carbocycles. The van der Waals surface area contributed by atoms with Crippen molar-refractivity contribution in [2.75, 3.05) is 19.6 Å². The molecule has 1 heterocycles. The van der Waals surface area contributed by atoms with Gasteiger partial charge in [0.2, 0.25) is 0 Å². The predicted molar refractivity (Wildman–Crippen MR) is 87.5 cm³/mol. The molecule has 124 valence electrons. The molecule has 1 aliphatic rings. The van der Waals surface area contributed by atoms with Gasteiger partial charge >= 0.3 is 6.09 Å². The summed E-state index contributed by atoms with van der Waals surface area (Å²) >= 11 is 0. The molecule has 0 aromatic carbocycles. The van der Waals surface area contributed by atoms with Crippen molar-refractivity contribution in [3.8, 4) is 0 Å². The largest absolute Gasteiger partial charge is 0.444 e. The summed E-state index contributed by atoms with van der Waals surface area (Å²) in [5.41, 5.74) is -0.415. The summed E-state index contributed by atoms with van der Waals surface area (Å²) in [5.74, 6) is 0.739. The topological polar surface area (TPSA) is 41.6 Å². The minimum atomic E-state index is -0.415. The lowest BCUT2D eigenvalue weighted by atomic mass is 10.0. The second-order valence-corrected chi connectivity index (χ2v) is 7.16. The van der Waals surface area contributed by atoms with Crippen LogP contribution in [0.25, 0.3) is 0 Å². The molecule has 0 spiro atoms. The quantitative estimate of drug-likeness (QED) is 0.811. The van der Waals surface area contributed by atoms with E-state index in [4.69, 9.17) is 4.74 Å².